The van der Waals surface area contributed by atoms with Gasteiger partial charge in [0.2, 0.25) is 5.91 Å². The lowest BCUT2D eigenvalue weighted by Gasteiger charge is -2.36. The van der Waals surface area contributed by atoms with Crippen molar-refractivity contribution in [3.05, 3.63) is 22.4 Å². The van der Waals surface area contributed by atoms with Crippen molar-refractivity contribution in [2.24, 2.45) is 11.1 Å². The first-order valence-electron chi connectivity index (χ1n) is 7.12. The van der Waals surface area contributed by atoms with Gasteiger partial charge in [0.15, 0.2) is 0 Å². The number of carbonyl (C=O) groups excluding carboxylic acids is 1. The molecule has 0 saturated heterocycles. The van der Waals surface area contributed by atoms with Gasteiger partial charge in [0.1, 0.15) is 0 Å². The van der Waals surface area contributed by atoms with Crippen LogP contribution in [0.15, 0.2) is 17.5 Å². The minimum Gasteiger partial charge on any atom is -0.341 e. The number of amides is 1. The molecule has 106 valence electrons. The summed E-state index contributed by atoms with van der Waals surface area (Å²) in [5.41, 5.74) is 6.02. The summed E-state index contributed by atoms with van der Waals surface area (Å²) < 4.78 is 0. The van der Waals surface area contributed by atoms with Crippen LogP contribution in [0.25, 0.3) is 0 Å². The molecule has 0 atom stereocenters. The molecule has 0 spiro atoms. The van der Waals surface area contributed by atoms with E-state index in [1.807, 2.05) is 18.0 Å². The van der Waals surface area contributed by atoms with E-state index in [0.717, 1.165) is 19.4 Å². The fourth-order valence-electron chi connectivity index (χ4n) is 2.94. The Labute approximate surface area is 119 Å². The molecule has 0 bridgehead atoms. The van der Waals surface area contributed by atoms with Gasteiger partial charge in [-0.2, -0.15) is 0 Å². The van der Waals surface area contributed by atoms with E-state index >= 15 is 0 Å². The fourth-order valence-corrected chi connectivity index (χ4v) is 3.69. The predicted molar refractivity (Wildman–Crippen MR) is 80.0 cm³/mol. The molecule has 0 unspecified atom stereocenters. The van der Waals surface area contributed by atoms with E-state index in [0.29, 0.717) is 13.0 Å². The highest BCUT2D eigenvalue weighted by molar-refractivity contribution is 7.09. The van der Waals surface area contributed by atoms with Crippen LogP contribution in [-0.2, 0) is 11.3 Å². The van der Waals surface area contributed by atoms with Crippen LogP contribution < -0.4 is 5.73 Å². The Balaban J connectivity index is 1.91. The molecule has 1 aromatic rings. The molecular formula is C15H24N2OS. The standard InChI is InChI=1S/C15H24N2OS/c1-17(11-13-6-5-9-19-13)14(18)10-15(12-16)7-3-2-4-8-15/h5-6,9H,2-4,7-8,10-12,16H2,1H3. The summed E-state index contributed by atoms with van der Waals surface area (Å²) in [5, 5.41) is 2.05. The maximum atomic E-state index is 12.4. The smallest absolute Gasteiger partial charge is 0.223 e. The van der Waals surface area contributed by atoms with Crippen LogP contribution in [-0.4, -0.2) is 24.4 Å². The van der Waals surface area contributed by atoms with Crippen LogP contribution in [0.1, 0.15) is 43.4 Å². The first-order chi connectivity index (χ1) is 9.15. The summed E-state index contributed by atoms with van der Waals surface area (Å²) in [4.78, 5) is 15.5. The molecule has 0 aromatic carbocycles. The van der Waals surface area contributed by atoms with Gasteiger partial charge < -0.3 is 10.6 Å². The molecule has 0 radical (unpaired) electrons. The minimum atomic E-state index is 0.0685. The summed E-state index contributed by atoms with van der Waals surface area (Å²) in [5.74, 6) is 0.237. The number of nitrogens with two attached hydrogens (primary N) is 1. The Morgan fingerprint density at radius 2 is 2.16 bits per heavy atom. The summed E-state index contributed by atoms with van der Waals surface area (Å²) in [6, 6.07) is 4.11. The molecule has 1 heterocycles. The maximum Gasteiger partial charge on any atom is 0.223 e. The van der Waals surface area contributed by atoms with E-state index < -0.39 is 0 Å². The molecule has 0 aliphatic heterocycles. The lowest BCUT2D eigenvalue weighted by atomic mass is 9.71. The SMILES string of the molecule is CN(Cc1cccs1)C(=O)CC1(CN)CCCCC1. The molecule has 4 heteroatoms. The summed E-state index contributed by atoms with van der Waals surface area (Å²) in [6.45, 7) is 1.36. The molecular weight excluding hydrogens is 256 g/mol. The van der Waals surface area contributed by atoms with Gasteiger partial charge in [-0.05, 0) is 36.2 Å². The van der Waals surface area contributed by atoms with E-state index in [-0.39, 0.29) is 11.3 Å². The molecule has 3 nitrogen and oxygen atoms in total. The molecule has 1 amide bonds. The molecule has 19 heavy (non-hydrogen) atoms. The van der Waals surface area contributed by atoms with Gasteiger partial charge in [-0.3, -0.25) is 4.79 Å². The Hall–Kier alpha value is -0.870. The van der Waals surface area contributed by atoms with Crippen molar-refractivity contribution in [1.82, 2.24) is 4.90 Å². The second kappa shape index (κ2) is 6.53. The quantitative estimate of drug-likeness (QED) is 0.901. The zero-order valence-corrected chi connectivity index (χ0v) is 12.5. The summed E-state index contributed by atoms with van der Waals surface area (Å²) >= 11 is 1.70. The van der Waals surface area contributed by atoms with Gasteiger partial charge >= 0.3 is 0 Å². The van der Waals surface area contributed by atoms with Crippen LogP contribution >= 0.6 is 11.3 Å². The fraction of sp³-hybridized carbons (Fsp3) is 0.667. The van der Waals surface area contributed by atoms with Gasteiger partial charge in [-0.1, -0.05) is 25.3 Å². The number of hydrogen-bond donors (Lipinski definition) is 1. The Kier molecular flexibility index (Phi) is 4.99. The lowest BCUT2D eigenvalue weighted by molar-refractivity contribution is -0.133. The molecule has 1 aromatic heterocycles. The van der Waals surface area contributed by atoms with Crippen molar-refractivity contribution in [2.75, 3.05) is 13.6 Å². The number of carbonyl (C=O) groups is 1. The molecule has 1 saturated carbocycles. The third-order valence-corrected chi connectivity index (χ3v) is 5.13. The number of rotatable bonds is 5. The second-order valence-corrected chi connectivity index (χ2v) is 6.80. The van der Waals surface area contributed by atoms with Crippen molar-refractivity contribution in [3.63, 3.8) is 0 Å². The maximum absolute atomic E-state index is 12.4. The molecule has 1 fully saturated rings. The average Bonchev–Trinajstić information content (AvgIpc) is 2.92. The van der Waals surface area contributed by atoms with E-state index in [9.17, 15) is 4.79 Å². The van der Waals surface area contributed by atoms with Crippen molar-refractivity contribution in [1.29, 1.82) is 0 Å². The summed E-state index contributed by atoms with van der Waals surface area (Å²) in [6.07, 6.45) is 6.58. The Morgan fingerprint density at radius 1 is 1.42 bits per heavy atom. The first-order valence-corrected chi connectivity index (χ1v) is 8.00. The Bertz CT molecular complexity index is 396. The Morgan fingerprint density at radius 3 is 2.74 bits per heavy atom. The highest BCUT2D eigenvalue weighted by atomic mass is 32.1. The molecule has 1 aliphatic carbocycles. The first kappa shape index (κ1) is 14.5. The molecule has 1 aliphatic rings. The number of thiophene rings is 1. The van der Waals surface area contributed by atoms with Crippen LogP contribution in [0.2, 0.25) is 0 Å². The second-order valence-electron chi connectivity index (χ2n) is 5.77. The molecule has 2 rings (SSSR count). The normalized spacial score (nSPS) is 18.2. The monoisotopic (exact) mass is 280 g/mol. The van der Waals surface area contributed by atoms with Gasteiger partial charge in [0.05, 0.1) is 6.54 Å². The third-order valence-electron chi connectivity index (χ3n) is 4.27. The van der Waals surface area contributed by atoms with Gasteiger partial charge in [0.25, 0.3) is 0 Å². The van der Waals surface area contributed by atoms with Crippen LogP contribution in [0.3, 0.4) is 0 Å². The predicted octanol–water partition coefficient (Wildman–Crippen LogP) is 3.01. The zero-order chi connectivity index (χ0) is 13.7. The molecule has 2 N–H and O–H groups in total. The van der Waals surface area contributed by atoms with E-state index in [1.165, 1.54) is 24.1 Å². The van der Waals surface area contributed by atoms with Crippen molar-refractivity contribution < 1.29 is 4.79 Å². The third kappa shape index (κ3) is 3.80. The van der Waals surface area contributed by atoms with E-state index in [2.05, 4.69) is 11.4 Å². The van der Waals surface area contributed by atoms with E-state index in [1.54, 1.807) is 11.3 Å². The van der Waals surface area contributed by atoms with Crippen molar-refractivity contribution >= 4 is 17.2 Å². The number of hydrogen-bond acceptors (Lipinski definition) is 3. The highest BCUT2D eigenvalue weighted by Crippen LogP contribution is 2.38. The summed E-state index contributed by atoms with van der Waals surface area (Å²) in [7, 11) is 1.90. The average molecular weight is 280 g/mol. The van der Waals surface area contributed by atoms with Gasteiger partial charge in [-0.15, -0.1) is 11.3 Å². The topological polar surface area (TPSA) is 46.3 Å². The lowest BCUT2D eigenvalue weighted by Crippen LogP contribution is -2.39. The van der Waals surface area contributed by atoms with E-state index in [4.69, 9.17) is 5.73 Å². The largest absolute Gasteiger partial charge is 0.341 e. The minimum absolute atomic E-state index is 0.0685. The van der Waals surface area contributed by atoms with Gasteiger partial charge in [-0.25, -0.2) is 0 Å². The van der Waals surface area contributed by atoms with Crippen molar-refractivity contribution in [2.45, 2.75) is 45.1 Å². The van der Waals surface area contributed by atoms with Crippen molar-refractivity contribution in [3.8, 4) is 0 Å². The van der Waals surface area contributed by atoms with Crippen LogP contribution in [0.4, 0.5) is 0 Å². The van der Waals surface area contributed by atoms with Gasteiger partial charge in [0, 0.05) is 18.3 Å². The number of nitrogens with zero attached hydrogens (tertiary/aromatic N) is 1. The van der Waals surface area contributed by atoms with Crippen LogP contribution in [0.5, 0.6) is 0 Å². The van der Waals surface area contributed by atoms with Crippen LogP contribution in [0, 0.1) is 5.41 Å². The zero-order valence-electron chi connectivity index (χ0n) is 11.7. The highest BCUT2D eigenvalue weighted by Gasteiger charge is 2.33.